The summed E-state index contributed by atoms with van der Waals surface area (Å²) in [5.41, 5.74) is 3.47. The van der Waals surface area contributed by atoms with Gasteiger partial charge in [-0.25, -0.2) is 0 Å². The fourth-order valence-electron chi connectivity index (χ4n) is 7.01. The Labute approximate surface area is 283 Å². The highest BCUT2D eigenvalue weighted by molar-refractivity contribution is 7.37. The minimum Gasteiger partial charge on any atom is -0.419 e. The van der Waals surface area contributed by atoms with Gasteiger partial charge in [-0.1, -0.05) is 97.1 Å². The zero-order chi connectivity index (χ0) is 32.3. The van der Waals surface area contributed by atoms with Crippen LogP contribution in [0.2, 0.25) is 0 Å². The molecular formula is C43H30O4P2. The van der Waals surface area contributed by atoms with Gasteiger partial charge in [0.2, 0.25) is 16.0 Å². The Kier molecular flexibility index (Phi) is 6.79. The largest absolute Gasteiger partial charge is 0.419 e. The summed E-state index contributed by atoms with van der Waals surface area (Å²) in [4.78, 5) is 0. The van der Waals surface area contributed by atoms with Crippen LogP contribution < -0.4 is 0 Å². The molecule has 2 heterocycles. The smallest absolute Gasteiger partial charge is 0.216 e. The van der Waals surface area contributed by atoms with Gasteiger partial charge in [0.1, 0.15) is 22.3 Å². The van der Waals surface area contributed by atoms with Gasteiger partial charge >= 0.3 is 0 Å². The van der Waals surface area contributed by atoms with Crippen molar-refractivity contribution >= 4 is 103 Å². The van der Waals surface area contributed by atoms with Crippen molar-refractivity contribution in [2.24, 2.45) is 0 Å². The number of rotatable bonds is 4. The average molecular weight is 673 g/mol. The van der Waals surface area contributed by atoms with Gasteiger partial charge in [0.25, 0.3) is 0 Å². The third-order valence-corrected chi connectivity index (χ3v) is 12.4. The lowest BCUT2D eigenvalue weighted by atomic mass is 10.0. The highest BCUT2D eigenvalue weighted by atomic mass is 31.1. The van der Waals surface area contributed by atoms with E-state index in [0.717, 1.165) is 84.2 Å². The van der Waals surface area contributed by atoms with Gasteiger partial charge in [-0.15, -0.1) is 0 Å². The average Bonchev–Trinajstić information content (AvgIpc) is 3.37. The topological polar surface area (TPSA) is 52.6 Å². The first-order valence-corrected chi connectivity index (χ1v) is 19.3. The molecule has 0 amide bonds. The molecule has 0 radical (unpaired) electrons. The maximum Gasteiger partial charge on any atom is 0.216 e. The molecule has 10 aromatic rings. The van der Waals surface area contributed by atoms with E-state index in [0.29, 0.717) is 0 Å². The molecule has 0 aliphatic rings. The highest BCUT2D eigenvalue weighted by Gasteiger charge is 2.13. The quantitative estimate of drug-likeness (QED) is 0.187. The van der Waals surface area contributed by atoms with Gasteiger partial charge in [-0.3, -0.25) is 0 Å². The molecule has 0 aliphatic carbocycles. The standard InChI is InChI=1S/C43H30O4P2/c1-5-14-32-24-40-36(20-28(32)10-1)37-21-29-11-2-6-15-33(29)25-41(37)45-48(44-40)18-9-19-49-46-42-26-34-16-7-3-12-30(34)22-38(42)39-23-31-13-4-8-17-35(31)27-43(39)47-49/h1-8,10-17,20-27H,9,18-19H2. The van der Waals surface area contributed by atoms with Crippen LogP contribution in [-0.2, 0) is 12.3 Å². The van der Waals surface area contributed by atoms with Crippen LogP contribution in [0.1, 0.15) is 6.42 Å². The predicted octanol–water partition coefficient (Wildman–Crippen LogP) is 14.6. The molecule has 0 unspecified atom stereocenters. The van der Waals surface area contributed by atoms with E-state index in [1.165, 1.54) is 21.5 Å². The molecule has 8 aromatic carbocycles. The van der Waals surface area contributed by atoms with Crippen LogP contribution in [0.3, 0.4) is 0 Å². The van der Waals surface area contributed by atoms with Crippen molar-refractivity contribution in [1.82, 2.24) is 0 Å². The van der Waals surface area contributed by atoms with Crippen molar-refractivity contribution in [2.45, 2.75) is 18.7 Å². The normalized spacial score (nSPS) is 11.9. The molecule has 0 bridgehead atoms. The maximum absolute atomic E-state index is 6.77. The monoisotopic (exact) mass is 672 g/mol. The molecule has 0 aliphatic heterocycles. The fourth-order valence-corrected chi connectivity index (χ4v) is 10.0. The molecule has 0 N–H and O–H groups in total. The summed E-state index contributed by atoms with van der Waals surface area (Å²) in [5, 5.41) is 13.6. The van der Waals surface area contributed by atoms with Crippen LogP contribution in [0.25, 0.3) is 87.0 Å². The number of fused-ring (bicyclic) bond motifs is 10. The van der Waals surface area contributed by atoms with E-state index in [1.54, 1.807) is 0 Å². The van der Waals surface area contributed by atoms with Crippen LogP contribution in [0.4, 0.5) is 0 Å². The first kappa shape index (κ1) is 28.6. The van der Waals surface area contributed by atoms with Crippen molar-refractivity contribution in [1.29, 1.82) is 0 Å². The van der Waals surface area contributed by atoms with Gasteiger partial charge in [0.05, 0.1) is 12.3 Å². The summed E-state index contributed by atoms with van der Waals surface area (Å²) in [6.07, 6.45) is 2.32. The maximum atomic E-state index is 6.77. The Morgan fingerprint density at radius 2 is 0.531 bits per heavy atom. The zero-order valence-corrected chi connectivity index (χ0v) is 28.3. The summed E-state index contributed by atoms with van der Waals surface area (Å²) < 4.78 is 27.1. The number of aryl methyl sites for hydroxylation is 2. The van der Waals surface area contributed by atoms with E-state index >= 15 is 0 Å². The molecule has 4 nitrogen and oxygen atoms in total. The SMILES string of the molecule is c1ccc2cc3c(cc2c1)op(CCCp1oc2cc4ccccc4cc2c2cc4ccccc4cc2o1)oc1cc2ccccc2cc13. The van der Waals surface area contributed by atoms with Crippen molar-refractivity contribution in [2.75, 3.05) is 0 Å². The van der Waals surface area contributed by atoms with Crippen LogP contribution in [0.5, 0.6) is 0 Å². The third-order valence-electron chi connectivity index (χ3n) is 9.45. The Hall–Kier alpha value is -5.40. The highest BCUT2D eigenvalue weighted by Crippen LogP contribution is 2.43. The zero-order valence-electron chi connectivity index (χ0n) is 26.5. The van der Waals surface area contributed by atoms with Crippen molar-refractivity contribution in [3.05, 3.63) is 146 Å². The second kappa shape index (κ2) is 11.6. The lowest BCUT2D eigenvalue weighted by Gasteiger charge is -2.02. The summed E-state index contributed by atoms with van der Waals surface area (Å²) >= 11 is 0. The predicted molar refractivity (Wildman–Crippen MR) is 207 cm³/mol. The van der Waals surface area contributed by atoms with Crippen LogP contribution in [0, 0.1) is 0 Å². The van der Waals surface area contributed by atoms with Crippen molar-refractivity contribution < 1.29 is 16.8 Å². The minimum absolute atomic E-state index is 0.745. The van der Waals surface area contributed by atoms with E-state index in [2.05, 4.69) is 146 Å². The molecule has 236 valence electrons. The molecule has 0 saturated heterocycles. The van der Waals surface area contributed by atoms with Crippen molar-refractivity contribution in [3.8, 4) is 0 Å². The van der Waals surface area contributed by atoms with Gasteiger partial charge in [-0.05, 0) is 98.0 Å². The summed E-state index contributed by atoms with van der Waals surface area (Å²) in [7, 11) is -2.54. The van der Waals surface area contributed by atoms with Gasteiger partial charge < -0.3 is 16.8 Å². The molecule has 0 atom stereocenters. The van der Waals surface area contributed by atoms with E-state index in [-0.39, 0.29) is 0 Å². The van der Waals surface area contributed by atoms with Gasteiger partial charge in [0.15, 0.2) is 0 Å². The second-order valence-corrected chi connectivity index (χ2v) is 15.6. The first-order chi connectivity index (χ1) is 24.2. The van der Waals surface area contributed by atoms with E-state index in [1.807, 2.05) is 0 Å². The van der Waals surface area contributed by atoms with Crippen molar-refractivity contribution in [3.63, 3.8) is 0 Å². The third kappa shape index (κ3) is 5.16. The summed E-state index contributed by atoms with van der Waals surface area (Å²) in [6, 6.07) is 51.4. The van der Waals surface area contributed by atoms with Gasteiger partial charge in [-0.2, -0.15) is 0 Å². The Morgan fingerprint density at radius 1 is 0.306 bits per heavy atom. The number of benzene rings is 8. The lowest BCUT2D eigenvalue weighted by molar-refractivity contribution is 0.618. The minimum atomic E-state index is -1.27. The molecule has 0 spiro atoms. The van der Waals surface area contributed by atoms with E-state index < -0.39 is 16.0 Å². The summed E-state index contributed by atoms with van der Waals surface area (Å²) in [5.74, 6) is 0. The molecule has 6 heteroatoms. The molecular weight excluding hydrogens is 642 g/mol. The van der Waals surface area contributed by atoms with Crippen LogP contribution in [0.15, 0.2) is 162 Å². The molecule has 49 heavy (non-hydrogen) atoms. The molecule has 0 fully saturated rings. The number of hydrogen-bond acceptors (Lipinski definition) is 4. The van der Waals surface area contributed by atoms with E-state index in [9.17, 15) is 0 Å². The van der Waals surface area contributed by atoms with Crippen LogP contribution >= 0.6 is 16.0 Å². The summed E-state index contributed by atoms with van der Waals surface area (Å²) in [6.45, 7) is 0. The molecule has 2 aromatic heterocycles. The Balaban J connectivity index is 1.10. The van der Waals surface area contributed by atoms with E-state index in [4.69, 9.17) is 16.8 Å². The Bertz CT molecular complexity index is 2600. The fraction of sp³-hybridized carbons (Fsp3) is 0.0698. The lowest BCUT2D eigenvalue weighted by Crippen LogP contribution is -1.77. The molecule has 10 rings (SSSR count). The first-order valence-electron chi connectivity index (χ1n) is 16.6. The molecule has 0 saturated carbocycles. The Morgan fingerprint density at radius 3 is 0.776 bits per heavy atom. The number of hydrogen-bond donors (Lipinski definition) is 0. The second-order valence-electron chi connectivity index (χ2n) is 12.6. The van der Waals surface area contributed by atoms with Crippen LogP contribution in [-0.4, -0.2) is 0 Å². The van der Waals surface area contributed by atoms with Gasteiger partial charge in [0, 0.05) is 21.5 Å².